The average molecular weight is 548 g/mol. The van der Waals surface area contributed by atoms with E-state index < -0.39 is 8.16 Å². The van der Waals surface area contributed by atoms with Crippen LogP contribution in [0.3, 0.4) is 0 Å². The van der Waals surface area contributed by atoms with Gasteiger partial charge in [-0.25, -0.2) is 0 Å². The first-order valence-electron chi connectivity index (χ1n) is 15.0. The summed E-state index contributed by atoms with van der Waals surface area (Å²) in [6, 6.07) is 30.9. The second-order valence-electron chi connectivity index (χ2n) is 11.5. The van der Waals surface area contributed by atoms with E-state index in [9.17, 15) is 0 Å². The van der Waals surface area contributed by atoms with Crippen LogP contribution in [0, 0.1) is 0 Å². The molecule has 0 amide bonds. The predicted molar refractivity (Wildman–Crippen MR) is 168 cm³/mol. The van der Waals surface area contributed by atoms with Gasteiger partial charge < -0.3 is 8.39 Å². The van der Waals surface area contributed by atoms with E-state index in [0.717, 1.165) is 36.8 Å². The van der Waals surface area contributed by atoms with Crippen molar-refractivity contribution >= 4 is 30.1 Å². The molecule has 1 unspecified atom stereocenters. The van der Waals surface area contributed by atoms with Crippen molar-refractivity contribution in [3.8, 4) is 0 Å². The second-order valence-corrected chi connectivity index (χ2v) is 12.8. The number of nitrogens with zero attached hydrogens (tertiary/aromatic N) is 1. The molecule has 4 heteroatoms. The first-order chi connectivity index (χ1) is 19.7. The number of rotatable bonds is 5. The summed E-state index contributed by atoms with van der Waals surface area (Å²) in [5, 5.41) is 2.63. The largest absolute Gasteiger partial charge is 0.408 e. The van der Waals surface area contributed by atoms with Crippen LogP contribution in [0.15, 0.2) is 93.3 Å². The summed E-state index contributed by atoms with van der Waals surface area (Å²) < 4.78 is 16.7. The van der Waals surface area contributed by atoms with Gasteiger partial charge in [-0.3, -0.25) is 0 Å². The smallest absolute Gasteiger partial charge is 0.310 e. The molecule has 3 nitrogen and oxygen atoms in total. The second kappa shape index (κ2) is 11.0. The number of hydrogen-bond donors (Lipinski definition) is 0. The Bertz CT molecular complexity index is 1570. The molecule has 7 rings (SSSR count). The zero-order valence-corrected chi connectivity index (χ0v) is 24.5. The molecule has 1 heterocycles. The lowest BCUT2D eigenvalue weighted by Gasteiger charge is -2.31. The van der Waals surface area contributed by atoms with Crippen LogP contribution in [-0.2, 0) is 25.7 Å². The molecule has 0 spiro atoms. The Hall–Kier alpha value is -3.26. The summed E-state index contributed by atoms with van der Waals surface area (Å²) in [7, 11) is -1.45. The highest BCUT2D eigenvalue weighted by Gasteiger charge is 2.30. The standard InChI is InChI=1S/C36H38NO2P/c1-25(27-13-5-3-6-14-27)37(26(2)28-15-7-4-8-16-28)40-38-33-23-21-29-17-9-11-19-31(29)35(33)36-32-20-12-10-18-30(32)22-24-34(36)39-40/h3-8,13-16,21-26H,9-12,17-20H2,1-2H3/t25-,26?/m1/s1. The van der Waals surface area contributed by atoms with E-state index in [2.05, 4.69) is 103 Å². The highest BCUT2D eigenvalue weighted by atomic mass is 31.1. The maximum Gasteiger partial charge on any atom is 0.310 e. The SMILES string of the molecule is CC(c1ccccc1)N([C@H](C)c1ccccc1)p1oc2ccc3c(c2c2c4c(ccc2o1)CCCC4)CCCC3. The van der Waals surface area contributed by atoms with E-state index in [0.29, 0.717) is 0 Å². The Labute approximate surface area is 238 Å². The summed E-state index contributed by atoms with van der Waals surface area (Å²) in [5.41, 5.74) is 10.5. The van der Waals surface area contributed by atoms with Crippen LogP contribution in [0.4, 0.5) is 0 Å². The van der Waals surface area contributed by atoms with Gasteiger partial charge in [0.2, 0.25) is 0 Å². The molecule has 0 bridgehead atoms. The summed E-state index contributed by atoms with van der Waals surface area (Å²) in [6.07, 6.45) is 9.58. The van der Waals surface area contributed by atoms with Crippen molar-refractivity contribution in [1.82, 2.24) is 0 Å². The van der Waals surface area contributed by atoms with Crippen LogP contribution in [0.1, 0.15) is 85.0 Å². The van der Waals surface area contributed by atoms with Crippen LogP contribution in [0.2, 0.25) is 0 Å². The zero-order valence-electron chi connectivity index (χ0n) is 23.6. The van der Waals surface area contributed by atoms with Gasteiger partial charge in [-0.15, -0.1) is 0 Å². The van der Waals surface area contributed by atoms with Crippen LogP contribution < -0.4 is 4.67 Å². The Kier molecular flexibility index (Phi) is 7.04. The van der Waals surface area contributed by atoms with Crippen LogP contribution in [-0.4, -0.2) is 0 Å². The number of fused-ring (bicyclic) bond motifs is 7. The molecule has 0 aliphatic heterocycles. The van der Waals surface area contributed by atoms with E-state index in [1.54, 1.807) is 0 Å². The molecule has 5 aromatic rings. The lowest BCUT2D eigenvalue weighted by Crippen LogP contribution is -2.27. The van der Waals surface area contributed by atoms with Gasteiger partial charge in [0.25, 0.3) is 0 Å². The van der Waals surface area contributed by atoms with Gasteiger partial charge >= 0.3 is 8.16 Å². The van der Waals surface area contributed by atoms with Gasteiger partial charge in [0.05, 0.1) is 0 Å². The zero-order chi connectivity index (χ0) is 27.1. The predicted octanol–water partition coefficient (Wildman–Crippen LogP) is 10.5. The monoisotopic (exact) mass is 547 g/mol. The van der Waals surface area contributed by atoms with E-state index >= 15 is 0 Å². The molecule has 2 atom stereocenters. The van der Waals surface area contributed by atoms with Crippen molar-refractivity contribution in [2.24, 2.45) is 0 Å². The molecule has 0 saturated heterocycles. The molecule has 4 aromatic carbocycles. The highest BCUT2D eigenvalue weighted by molar-refractivity contribution is 7.39. The maximum absolute atomic E-state index is 7.11. The molecule has 2 aliphatic rings. The first-order valence-corrected chi connectivity index (χ1v) is 16.2. The van der Waals surface area contributed by atoms with Crippen molar-refractivity contribution < 1.29 is 8.39 Å². The third-order valence-electron chi connectivity index (χ3n) is 9.14. The number of benzene rings is 4. The normalized spacial score (nSPS) is 16.5. The average Bonchev–Trinajstić information content (AvgIpc) is 3.19. The van der Waals surface area contributed by atoms with Crippen molar-refractivity contribution in [2.45, 2.75) is 77.3 Å². The van der Waals surface area contributed by atoms with Crippen LogP contribution >= 0.6 is 8.16 Å². The summed E-state index contributed by atoms with van der Waals surface area (Å²) in [5.74, 6) is 0. The first kappa shape index (κ1) is 25.7. The Balaban J connectivity index is 1.54. The summed E-state index contributed by atoms with van der Waals surface area (Å²) in [6.45, 7) is 4.58. The van der Waals surface area contributed by atoms with Crippen molar-refractivity contribution in [1.29, 1.82) is 0 Å². The van der Waals surface area contributed by atoms with Gasteiger partial charge in [-0.05, 0) is 111 Å². The fraction of sp³-hybridized carbons (Fsp3) is 0.333. The summed E-state index contributed by atoms with van der Waals surface area (Å²) >= 11 is 0. The van der Waals surface area contributed by atoms with Gasteiger partial charge in [-0.1, -0.05) is 72.8 Å². The minimum atomic E-state index is -1.45. The third-order valence-corrected chi connectivity index (χ3v) is 10.9. The number of aryl methyl sites for hydroxylation is 4. The maximum atomic E-state index is 7.11. The topological polar surface area (TPSA) is 29.5 Å². The Morgan fingerprint density at radius 3 is 1.43 bits per heavy atom. The van der Waals surface area contributed by atoms with E-state index in [1.807, 2.05) is 0 Å². The summed E-state index contributed by atoms with van der Waals surface area (Å²) in [4.78, 5) is 0. The molecule has 1 aromatic heterocycles. The fourth-order valence-electron chi connectivity index (χ4n) is 6.98. The number of hydrogen-bond acceptors (Lipinski definition) is 3. The van der Waals surface area contributed by atoms with Gasteiger partial charge in [0, 0.05) is 22.9 Å². The van der Waals surface area contributed by atoms with Crippen LogP contribution in [0.25, 0.3) is 21.9 Å². The molecule has 0 N–H and O–H groups in total. The Morgan fingerprint density at radius 1 is 0.550 bits per heavy atom. The van der Waals surface area contributed by atoms with Crippen molar-refractivity contribution in [2.75, 3.05) is 4.67 Å². The van der Waals surface area contributed by atoms with Crippen molar-refractivity contribution in [3.63, 3.8) is 0 Å². The van der Waals surface area contributed by atoms with Crippen LogP contribution in [0.5, 0.6) is 0 Å². The molecule has 40 heavy (non-hydrogen) atoms. The van der Waals surface area contributed by atoms with E-state index in [4.69, 9.17) is 8.39 Å². The van der Waals surface area contributed by atoms with Gasteiger partial charge in [0.15, 0.2) is 0 Å². The molecular weight excluding hydrogens is 509 g/mol. The molecule has 0 saturated carbocycles. The van der Waals surface area contributed by atoms with Gasteiger partial charge in [0.1, 0.15) is 11.2 Å². The van der Waals surface area contributed by atoms with Crippen molar-refractivity contribution in [3.05, 3.63) is 118 Å². The molecule has 0 fully saturated rings. The minimum absolute atomic E-state index is 0.0998. The molecule has 204 valence electrons. The lowest BCUT2D eigenvalue weighted by molar-refractivity contribution is 0.558. The van der Waals surface area contributed by atoms with Gasteiger partial charge in [-0.2, -0.15) is 4.67 Å². The highest BCUT2D eigenvalue weighted by Crippen LogP contribution is 2.48. The molecule has 2 aliphatic carbocycles. The molecule has 0 radical (unpaired) electrons. The quantitative estimate of drug-likeness (QED) is 0.219. The molecular formula is C36H38NO2P. The fourth-order valence-corrected chi connectivity index (χ4v) is 8.68. The van der Waals surface area contributed by atoms with E-state index in [-0.39, 0.29) is 12.1 Å². The minimum Gasteiger partial charge on any atom is -0.408 e. The third kappa shape index (κ3) is 4.60. The van der Waals surface area contributed by atoms with E-state index in [1.165, 1.54) is 69.8 Å². The lowest BCUT2D eigenvalue weighted by atomic mass is 9.84. The Morgan fingerprint density at radius 2 is 0.975 bits per heavy atom.